The molecule has 0 aromatic rings. The van der Waals surface area contributed by atoms with E-state index in [1.807, 2.05) is 6.92 Å². The molecule has 0 aromatic carbocycles. The van der Waals surface area contributed by atoms with Gasteiger partial charge in [-0.2, -0.15) is 0 Å². The normalized spacial score (nSPS) is 24.2. The van der Waals surface area contributed by atoms with Crippen molar-refractivity contribution in [2.45, 2.75) is 25.9 Å². The fraction of sp³-hybridized carbons (Fsp3) is 0.750. The third-order valence-corrected chi connectivity index (χ3v) is 2.96. The minimum Gasteiger partial charge on any atom is -0.381 e. The fourth-order valence-electron chi connectivity index (χ4n) is 1.85. The minimum atomic E-state index is -1.44. The molecule has 4 nitrogen and oxygen atoms in total. The van der Waals surface area contributed by atoms with Crippen LogP contribution >= 0.6 is 0 Å². The van der Waals surface area contributed by atoms with Crippen LogP contribution in [0.1, 0.15) is 20.3 Å². The molecule has 1 saturated heterocycles. The Hall–Kier alpha value is -0.870. The highest BCUT2D eigenvalue weighted by molar-refractivity contribution is 5.86. The van der Waals surface area contributed by atoms with Gasteiger partial charge in [-0.15, -0.1) is 0 Å². The lowest BCUT2D eigenvalue weighted by atomic mass is 10.1. The van der Waals surface area contributed by atoms with Crippen molar-refractivity contribution < 1.29 is 14.6 Å². The first-order valence-corrected chi connectivity index (χ1v) is 5.74. The Bertz CT molecular complexity index is 263. The summed E-state index contributed by atoms with van der Waals surface area (Å²) in [4.78, 5) is 13.6. The van der Waals surface area contributed by atoms with Crippen LogP contribution in [0, 0.1) is 5.92 Å². The van der Waals surface area contributed by atoms with Crippen LogP contribution in [-0.4, -0.2) is 47.8 Å². The van der Waals surface area contributed by atoms with Crippen molar-refractivity contribution in [3.63, 3.8) is 0 Å². The van der Waals surface area contributed by atoms with E-state index in [2.05, 4.69) is 6.58 Å². The molecule has 1 aliphatic rings. The second-order valence-electron chi connectivity index (χ2n) is 4.42. The van der Waals surface area contributed by atoms with Crippen LogP contribution in [0.25, 0.3) is 0 Å². The van der Waals surface area contributed by atoms with Gasteiger partial charge in [-0.05, 0) is 20.3 Å². The molecule has 1 amide bonds. The van der Waals surface area contributed by atoms with E-state index in [-0.39, 0.29) is 5.91 Å². The molecule has 0 bridgehead atoms. The molecule has 2 atom stereocenters. The molecule has 0 aromatic heterocycles. The van der Waals surface area contributed by atoms with Crippen LogP contribution < -0.4 is 0 Å². The Morgan fingerprint density at radius 2 is 2.44 bits per heavy atom. The van der Waals surface area contributed by atoms with E-state index in [1.54, 1.807) is 4.90 Å². The van der Waals surface area contributed by atoms with Gasteiger partial charge in [-0.3, -0.25) is 4.79 Å². The van der Waals surface area contributed by atoms with Gasteiger partial charge in [0.15, 0.2) is 5.60 Å². The summed E-state index contributed by atoms with van der Waals surface area (Å²) >= 11 is 0. The molecule has 0 aliphatic carbocycles. The van der Waals surface area contributed by atoms with Gasteiger partial charge in [0.1, 0.15) is 0 Å². The van der Waals surface area contributed by atoms with Gasteiger partial charge in [-0.25, -0.2) is 0 Å². The lowest BCUT2D eigenvalue weighted by molar-refractivity contribution is -0.144. The Morgan fingerprint density at radius 1 is 1.75 bits per heavy atom. The monoisotopic (exact) mass is 227 g/mol. The number of ether oxygens (including phenoxy) is 1. The van der Waals surface area contributed by atoms with Crippen LogP contribution in [-0.2, 0) is 9.53 Å². The van der Waals surface area contributed by atoms with E-state index in [0.717, 1.165) is 6.42 Å². The summed E-state index contributed by atoms with van der Waals surface area (Å²) in [5.41, 5.74) is -1.44. The van der Waals surface area contributed by atoms with Crippen molar-refractivity contribution in [3.05, 3.63) is 12.7 Å². The van der Waals surface area contributed by atoms with Crippen molar-refractivity contribution >= 4 is 5.91 Å². The van der Waals surface area contributed by atoms with Crippen LogP contribution in [0.15, 0.2) is 12.7 Å². The first-order valence-electron chi connectivity index (χ1n) is 5.74. The van der Waals surface area contributed by atoms with Gasteiger partial charge in [0.2, 0.25) is 0 Å². The van der Waals surface area contributed by atoms with E-state index >= 15 is 0 Å². The lowest BCUT2D eigenvalue weighted by Crippen LogP contribution is -2.44. The Labute approximate surface area is 96.9 Å². The zero-order valence-electron chi connectivity index (χ0n) is 10.1. The Kier molecular flexibility index (Phi) is 4.50. The number of carbonyl (C=O) groups excluding carboxylic acids is 1. The third-order valence-electron chi connectivity index (χ3n) is 2.96. The summed E-state index contributed by atoms with van der Waals surface area (Å²) in [6.45, 7) is 9.66. The number of aliphatic hydroxyl groups is 1. The smallest absolute Gasteiger partial charge is 0.258 e. The average Bonchev–Trinajstić information content (AvgIpc) is 2.73. The van der Waals surface area contributed by atoms with Crippen molar-refractivity contribution in [3.8, 4) is 0 Å². The largest absolute Gasteiger partial charge is 0.381 e. The highest BCUT2D eigenvalue weighted by Crippen LogP contribution is 2.20. The summed E-state index contributed by atoms with van der Waals surface area (Å²) in [6.07, 6.45) is 2.23. The fourth-order valence-corrected chi connectivity index (χ4v) is 1.85. The predicted molar refractivity (Wildman–Crippen MR) is 62.0 cm³/mol. The molecule has 0 saturated carbocycles. The van der Waals surface area contributed by atoms with Gasteiger partial charge in [-0.1, -0.05) is 12.7 Å². The predicted octanol–water partition coefficient (Wildman–Crippen LogP) is 0.808. The van der Waals surface area contributed by atoms with Crippen molar-refractivity contribution in [2.75, 3.05) is 26.3 Å². The van der Waals surface area contributed by atoms with Crippen LogP contribution in [0.2, 0.25) is 0 Å². The molecular weight excluding hydrogens is 206 g/mol. The third kappa shape index (κ3) is 3.06. The molecule has 4 heteroatoms. The zero-order valence-corrected chi connectivity index (χ0v) is 10.1. The highest BCUT2D eigenvalue weighted by Gasteiger charge is 2.35. The number of nitrogens with zero attached hydrogens (tertiary/aromatic N) is 1. The second-order valence-corrected chi connectivity index (χ2v) is 4.42. The van der Waals surface area contributed by atoms with Gasteiger partial charge in [0.25, 0.3) is 5.91 Å². The maximum Gasteiger partial charge on any atom is 0.258 e. The standard InChI is InChI=1S/C12H21NO3/c1-4-12(3,15)11(14)13-7-6-10(8-13)9-16-5-2/h4,10,15H,1,5-9H2,2-3H3. The van der Waals surface area contributed by atoms with E-state index < -0.39 is 5.60 Å². The molecule has 92 valence electrons. The minimum absolute atomic E-state index is 0.263. The SMILES string of the molecule is C=CC(C)(O)C(=O)N1CCC(COCC)C1. The van der Waals surface area contributed by atoms with E-state index in [4.69, 9.17) is 4.74 Å². The van der Waals surface area contributed by atoms with E-state index in [1.165, 1.54) is 13.0 Å². The molecule has 1 fully saturated rings. The Morgan fingerprint density at radius 3 is 3.00 bits per heavy atom. The second kappa shape index (κ2) is 5.46. The first kappa shape index (κ1) is 13.2. The maximum absolute atomic E-state index is 11.9. The van der Waals surface area contributed by atoms with E-state index in [9.17, 15) is 9.90 Å². The highest BCUT2D eigenvalue weighted by atomic mass is 16.5. The summed E-state index contributed by atoms with van der Waals surface area (Å²) in [6, 6.07) is 0. The van der Waals surface area contributed by atoms with Crippen LogP contribution in [0.3, 0.4) is 0 Å². The summed E-state index contributed by atoms with van der Waals surface area (Å²) < 4.78 is 5.34. The molecule has 1 heterocycles. The van der Waals surface area contributed by atoms with Crippen LogP contribution in [0.4, 0.5) is 0 Å². The molecule has 1 aliphatic heterocycles. The quantitative estimate of drug-likeness (QED) is 0.707. The van der Waals surface area contributed by atoms with Gasteiger partial charge in [0.05, 0.1) is 6.61 Å². The van der Waals surface area contributed by atoms with Crippen molar-refractivity contribution in [1.29, 1.82) is 0 Å². The Balaban J connectivity index is 2.47. The maximum atomic E-state index is 11.9. The molecule has 16 heavy (non-hydrogen) atoms. The summed E-state index contributed by atoms with van der Waals surface area (Å²) in [7, 11) is 0. The first-order chi connectivity index (χ1) is 7.51. The van der Waals surface area contributed by atoms with Gasteiger partial charge < -0.3 is 14.7 Å². The van der Waals surface area contributed by atoms with E-state index in [0.29, 0.717) is 32.2 Å². The van der Waals surface area contributed by atoms with Crippen LogP contribution in [0.5, 0.6) is 0 Å². The topological polar surface area (TPSA) is 49.8 Å². The van der Waals surface area contributed by atoms with Crippen molar-refractivity contribution in [1.82, 2.24) is 4.90 Å². The molecule has 2 unspecified atom stereocenters. The summed E-state index contributed by atoms with van der Waals surface area (Å²) in [5.74, 6) is 0.131. The molecule has 0 spiro atoms. The average molecular weight is 227 g/mol. The molecule has 0 radical (unpaired) electrons. The summed E-state index contributed by atoms with van der Waals surface area (Å²) in [5, 5.41) is 9.77. The molecular formula is C12H21NO3. The number of hydrogen-bond acceptors (Lipinski definition) is 3. The number of carbonyl (C=O) groups is 1. The number of likely N-dealkylation sites (tertiary alicyclic amines) is 1. The number of amides is 1. The van der Waals surface area contributed by atoms with Gasteiger partial charge >= 0.3 is 0 Å². The molecule has 1 rings (SSSR count). The molecule has 1 N–H and O–H groups in total. The van der Waals surface area contributed by atoms with Gasteiger partial charge in [0, 0.05) is 25.6 Å². The number of rotatable bonds is 5. The van der Waals surface area contributed by atoms with Crippen molar-refractivity contribution in [2.24, 2.45) is 5.92 Å². The number of hydrogen-bond donors (Lipinski definition) is 1. The lowest BCUT2D eigenvalue weighted by Gasteiger charge is -2.25. The zero-order chi connectivity index (χ0) is 12.2.